The predicted molar refractivity (Wildman–Crippen MR) is 127 cm³/mol. The van der Waals surface area contributed by atoms with Gasteiger partial charge >= 0.3 is 0 Å². The van der Waals surface area contributed by atoms with E-state index in [1.54, 1.807) is 6.20 Å². The molecule has 1 aliphatic rings. The third-order valence-electron chi connectivity index (χ3n) is 5.36. The number of nitrogens with one attached hydrogen (secondary N) is 2. The summed E-state index contributed by atoms with van der Waals surface area (Å²) in [6, 6.07) is 12.0. The standard InChI is InChI=1S/C22H26N6OS2/c1-15-3-6-18(7-4-15)24-21-26-28(22(30)31-21)14-27-11-9-17(10-12-27)20(29)25-19-8-5-16(2)13-23-19/h3-8,13,17H,9-12,14H2,1-2H3,(H,24,26)(H,23,25,29). The van der Waals surface area contributed by atoms with Gasteiger partial charge in [0.1, 0.15) is 5.82 Å². The molecule has 0 bridgehead atoms. The molecule has 1 aliphatic heterocycles. The maximum atomic E-state index is 12.6. The zero-order valence-corrected chi connectivity index (χ0v) is 19.3. The quantitative estimate of drug-likeness (QED) is 0.524. The number of hydrogen-bond acceptors (Lipinski definition) is 7. The molecule has 0 atom stereocenters. The van der Waals surface area contributed by atoms with Gasteiger partial charge in [-0.2, -0.15) is 0 Å². The molecule has 0 unspecified atom stereocenters. The van der Waals surface area contributed by atoms with Crippen LogP contribution in [0.5, 0.6) is 0 Å². The summed E-state index contributed by atoms with van der Waals surface area (Å²) in [6.45, 7) is 6.34. The Morgan fingerprint density at radius 3 is 2.52 bits per heavy atom. The van der Waals surface area contributed by atoms with Crippen molar-refractivity contribution in [2.75, 3.05) is 23.7 Å². The minimum absolute atomic E-state index is 0.00141. The highest BCUT2D eigenvalue weighted by Crippen LogP contribution is 2.23. The Bertz CT molecular complexity index is 1080. The summed E-state index contributed by atoms with van der Waals surface area (Å²) in [7, 11) is 0. The summed E-state index contributed by atoms with van der Waals surface area (Å²) < 4.78 is 2.59. The lowest BCUT2D eigenvalue weighted by molar-refractivity contribution is -0.121. The van der Waals surface area contributed by atoms with Crippen molar-refractivity contribution in [1.82, 2.24) is 19.7 Å². The molecule has 9 heteroatoms. The zero-order valence-electron chi connectivity index (χ0n) is 17.7. The van der Waals surface area contributed by atoms with Gasteiger partial charge in [0.2, 0.25) is 11.0 Å². The van der Waals surface area contributed by atoms with Crippen molar-refractivity contribution in [1.29, 1.82) is 0 Å². The minimum atomic E-state index is 0.00141. The Labute approximate surface area is 191 Å². The van der Waals surface area contributed by atoms with Crippen molar-refractivity contribution in [3.8, 4) is 0 Å². The van der Waals surface area contributed by atoms with Crippen LogP contribution < -0.4 is 10.6 Å². The molecule has 7 nitrogen and oxygen atoms in total. The van der Waals surface area contributed by atoms with Gasteiger partial charge in [0, 0.05) is 30.9 Å². The van der Waals surface area contributed by atoms with E-state index in [9.17, 15) is 4.79 Å². The first kappa shape index (κ1) is 21.6. The molecule has 3 aromatic rings. The molecule has 0 spiro atoms. The van der Waals surface area contributed by atoms with Gasteiger partial charge in [0.05, 0.1) is 6.67 Å². The molecule has 162 valence electrons. The van der Waals surface area contributed by atoms with E-state index in [0.29, 0.717) is 12.5 Å². The molecule has 0 radical (unpaired) electrons. The number of hydrogen-bond donors (Lipinski definition) is 2. The van der Waals surface area contributed by atoms with Gasteiger partial charge in [-0.1, -0.05) is 35.1 Å². The Morgan fingerprint density at radius 2 is 1.84 bits per heavy atom. The largest absolute Gasteiger partial charge is 0.330 e. The van der Waals surface area contributed by atoms with Crippen LogP contribution in [0.1, 0.15) is 24.0 Å². The first-order valence-corrected chi connectivity index (χ1v) is 11.6. The molecular weight excluding hydrogens is 428 g/mol. The molecule has 4 rings (SSSR count). The van der Waals surface area contributed by atoms with Gasteiger partial charge in [-0.3, -0.25) is 9.69 Å². The van der Waals surface area contributed by atoms with Crippen LogP contribution in [0.25, 0.3) is 0 Å². The normalized spacial score (nSPS) is 15.0. The molecule has 1 amide bonds. The third-order valence-corrected chi connectivity index (χ3v) is 6.59. The van der Waals surface area contributed by atoms with Crippen LogP contribution in [0.2, 0.25) is 0 Å². The van der Waals surface area contributed by atoms with Gasteiger partial charge in [-0.15, -0.1) is 5.10 Å². The highest BCUT2D eigenvalue weighted by molar-refractivity contribution is 7.73. The fourth-order valence-electron chi connectivity index (χ4n) is 3.50. The van der Waals surface area contributed by atoms with Crippen molar-refractivity contribution in [3.63, 3.8) is 0 Å². The topological polar surface area (TPSA) is 75.1 Å². The molecular formula is C22H26N6OS2. The Morgan fingerprint density at radius 1 is 1.13 bits per heavy atom. The van der Waals surface area contributed by atoms with E-state index in [1.807, 2.05) is 35.9 Å². The number of carbonyl (C=O) groups excluding carboxylic acids is 1. The van der Waals surface area contributed by atoms with Gasteiger partial charge in [0.15, 0.2) is 3.95 Å². The number of carbonyl (C=O) groups is 1. The highest BCUT2D eigenvalue weighted by Gasteiger charge is 2.25. The van der Waals surface area contributed by atoms with Crippen LogP contribution in [0.15, 0.2) is 42.6 Å². The number of piperidine rings is 1. The number of aromatic nitrogens is 3. The summed E-state index contributed by atoms with van der Waals surface area (Å²) in [5.41, 5.74) is 3.29. The van der Waals surface area contributed by atoms with Crippen LogP contribution >= 0.6 is 23.6 Å². The lowest BCUT2D eigenvalue weighted by Gasteiger charge is -2.30. The summed E-state index contributed by atoms with van der Waals surface area (Å²) >= 11 is 6.97. The fraction of sp³-hybridized carbons (Fsp3) is 0.364. The molecule has 2 aromatic heterocycles. The lowest BCUT2D eigenvalue weighted by atomic mass is 9.96. The number of benzene rings is 1. The van der Waals surface area contributed by atoms with E-state index < -0.39 is 0 Å². The first-order valence-electron chi connectivity index (χ1n) is 10.3. The van der Waals surface area contributed by atoms with Gasteiger partial charge in [0.25, 0.3) is 0 Å². The van der Waals surface area contributed by atoms with Gasteiger partial charge in [-0.25, -0.2) is 9.67 Å². The molecule has 31 heavy (non-hydrogen) atoms. The second-order valence-electron chi connectivity index (χ2n) is 7.91. The molecule has 0 saturated carbocycles. The predicted octanol–water partition coefficient (Wildman–Crippen LogP) is 4.74. The number of anilines is 3. The fourth-order valence-corrected chi connectivity index (χ4v) is 4.52. The van der Waals surface area contributed by atoms with Crippen LogP contribution in [0.4, 0.5) is 16.6 Å². The molecule has 3 heterocycles. The second-order valence-corrected chi connectivity index (χ2v) is 9.53. The summed E-state index contributed by atoms with van der Waals surface area (Å²) in [5.74, 6) is 0.660. The molecule has 1 fully saturated rings. The maximum Gasteiger partial charge on any atom is 0.228 e. The molecule has 1 aromatic carbocycles. The van der Waals surface area contributed by atoms with Crippen molar-refractivity contribution in [3.05, 3.63) is 57.7 Å². The minimum Gasteiger partial charge on any atom is -0.330 e. The number of aryl methyl sites for hydroxylation is 2. The number of amides is 1. The van der Waals surface area contributed by atoms with E-state index in [1.165, 1.54) is 16.9 Å². The van der Waals surface area contributed by atoms with Crippen molar-refractivity contribution in [2.45, 2.75) is 33.4 Å². The average molecular weight is 455 g/mol. The van der Waals surface area contributed by atoms with E-state index >= 15 is 0 Å². The van der Waals surface area contributed by atoms with Crippen LogP contribution in [0, 0.1) is 23.7 Å². The zero-order chi connectivity index (χ0) is 21.8. The Hall–Kier alpha value is -2.62. The van der Waals surface area contributed by atoms with Crippen molar-refractivity contribution in [2.24, 2.45) is 5.92 Å². The first-order chi connectivity index (χ1) is 15.0. The Kier molecular flexibility index (Phi) is 6.74. The third kappa shape index (κ3) is 5.75. The second kappa shape index (κ2) is 9.67. The van der Waals surface area contributed by atoms with Crippen LogP contribution in [-0.4, -0.2) is 38.7 Å². The highest BCUT2D eigenvalue weighted by atomic mass is 32.1. The summed E-state index contributed by atoms with van der Waals surface area (Å²) in [4.78, 5) is 19.1. The average Bonchev–Trinajstić information content (AvgIpc) is 3.10. The number of nitrogens with zero attached hydrogens (tertiary/aromatic N) is 4. The van der Waals surface area contributed by atoms with E-state index in [2.05, 4.69) is 44.7 Å². The van der Waals surface area contributed by atoms with E-state index in [-0.39, 0.29) is 11.8 Å². The van der Waals surface area contributed by atoms with Gasteiger partial charge in [-0.05, 0) is 62.7 Å². The molecule has 2 N–H and O–H groups in total. The Balaban J connectivity index is 1.29. The maximum absolute atomic E-state index is 12.6. The molecule has 0 aliphatic carbocycles. The monoisotopic (exact) mass is 454 g/mol. The van der Waals surface area contributed by atoms with Crippen LogP contribution in [-0.2, 0) is 11.5 Å². The number of rotatable bonds is 6. The van der Waals surface area contributed by atoms with E-state index in [0.717, 1.165) is 46.3 Å². The summed E-state index contributed by atoms with van der Waals surface area (Å²) in [6.07, 6.45) is 3.38. The SMILES string of the molecule is Cc1ccc(Nc2nn(CN3CCC(C(=O)Nc4ccc(C)cn4)CC3)c(=S)s2)cc1. The summed E-state index contributed by atoms with van der Waals surface area (Å²) in [5, 5.41) is 11.7. The van der Waals surface area contributed by atoms with Crippen molar-refractivity contribution >= 4 is 46.1 Å². The lowest BCUT2D eigenvalue weighted by Crippen LogP contribution is -2.39. The smallest absolute Gasteiger partial charge is 0.228 e. The van der Waals surface area contributed by atoms with Crippen molar-refractivity contribution < 1.29 is 4.79 Å². The van der Waals surface area contributed by atoms with Crippen LogP contribution in [0.3, 0.4) is 0 Å². The number of likely N-dealkylation sites (tertiary alicyclic amines) is 1. The number of pyridine rings is 1. The van der Waals surface area contributed by atoms with Gasteiger partial charge < -0.3 is 10.6 Å². The van der Waals surface area contributed by atoms with E-state index in [4.69, 9.17) is 12.2 Å². The molecule has 1 saturated heterocycles.